The van der Waals surface area contributed by atoms with Crippen molar-refractivity contribution in [3.8, 4) is 5.88 Å². The van der Waals surface area contributed by atoms with E-state index in [2.05, 4.69) is 20.9 Å². The largest absolute Gasteiger partial charge is 0.473 e. The van der Waals surface area contributed by atoms with Gasteiger partial charge in [0.05, 0.1) is 23.2 Å². The van der Waals surface area contributed by atoms with E-state index in [4.69, 9.17) is 15.2 Å². The maximum absolute atomic E-state index is 12.6. The van der Waals surface area contributed by atoms with Gasteiger partial charge in [-0.3, -0.25) is 4.79 Å². The van der Waals surface area contributed by atoms with Crippen LogP contribution in [0.1, 0.15) is 29.6 Å². The van der Waals surface area contributed by atoms with E-state index in [-0.39, 0.29) is 12.0 Å². The fraction of sp³-hybridized carbons (Fsp3) is 0.571. The van der Waals surface area contributed by atoms with Crippen molar-refractivity contribution in [1.29, 1.82) is 0 Å². The summed E-state index contributed by atoms with van der Waals surface area (Å²) in [4.78, 5) is 18.6. The molecule has 1 aromatic rings. The predicted octanol–water partition coefficient (Wildman–Crippen LogP) is 1.83. The Balaban J connectivity index is 1.84. The molecular weight excluding hydrogens is 338 g/mol. The molecule has 0 bridgehead atoms. The van der Waals surface area contributed by atoms with Crippen molar-refractivity contribution in [1.82, 2.24) is 9.88 Å². The van der Waals surface area contributed by atoms with Crippen LogP contribution in [0.2, 0.25) is 0 Å². The van der Waals surface area contributed by atoms with Crippen molar-refractivity contribution in [2.75, 3.05) is 32.0 Å². The predicted molar refractivity (Wildman–Crippen MR) is 81.3 cm³/mol. The first-order chi connectivity index (χ1) is 10.1. The highest BCUT2D eigenvalue weighted by Gasteiger charge is 2.26. The Morgan fingerprint density at radius 3 is 2.76 bits per heavy atom. The third-order valence-electron chi connectivity index (χ3n) is 3.81. The van der Waals surface area contributed by atoms with Crippen LogP contribution in [-0.4, -0.2) is 48.2 Å². The Hall–Kier alpha value is -1.34. The molecule has 21 heavy (non-hydrogen) atoms. The molecule has 1 amide bonds. The van der Waals surface area contributed by atoms with Crippen LogP contribution in [-0.2, 0) is 4.74 Å². The molecule has 0 radical (unpaired) electrons. The highest BCUT2D eigenvalue weighted by molar-refractivity contribution is 9.10. The summed E-state index contributed by atoms with van der Waals surface area (Å²) in [6, 6.07) is 1.59. The molecule has 0 aromatic carbocycles. The van der Waals surface area contributed by atoms with E-state index in [0.717, 1.165) is 12.8 Å². The number of nitrogens with zero attached hydrogens (tertiary/aromatic N) is 2. The quantitative estimate of drug-likeness (QED) is 0.894. The van der Waals surface area contributed by atoms with Crippen molar-refractivity contribution in [3.63, 3.8) is 0 Å². The smallest absolute Gasteiger partial charge is 0.255 e. The second kappa shape index (κ2) is 6.19. The van der Waals surface area contributed by atoms with E-state index in [0.29, 0.717) is 48.0 Å². The van der Waals surface area contributed by atoms with Gasteiger partial charge in [0.1, 0.15) is 11.9 Å². The molecule has 0 spiro atoms. The number of carbonyl (C=O) groups excluding carboxylic acids is 1. The number of nitrogens with two attached hydrogens (primary N) is 1. The molecule has 2 fully saturated rings. The fourth-order valence-corrected chi connectivity index (χ4v) is 2.81. The zero-order chi connectivity index (χ0) is 14.8. The molecule has 1 saturated carbocycles. The third-order valence-corrected chi connectivity index (χ3v) is 4.57. The molecule has 3 rings (SSSR count). The average Bonchev–Trinajstić information content (AvgIpc) is 2.46. The van der Waals surface area contributed by atoms with Crippen LogP contribution in [0.4, 0.5) is 5.82 Å². The molecule has 2 heterocycles. The van der Waals surface area contributed by atoms with E-state index in [1.165, 1.54) is 6.42 Å². The third kappa shape index (κ3) is 3.13. The summed E-state index contributed by atoms with van der Waals surface area (Å²) in [7, 11) is 0. The van der Waals surface area contributed by atoms with Crippen molar-refractivity contribution in [2.24, 2.45) is 0 Å². The zero-order valence-electron chi connectivity index (χ0n) is 11.7. The summed E-state index contributed by atoms with van der Waals surface area (Å²) in [6.45, 7) is 2.31. The highest BCUT2D eigenvalue weighted by atomic mass is 79.9. The van der Waals surface area contributed by atoms with Crippen molar-refractivity contribution in [3.05, 3.63) is 16.1 Å². The van der Waals surface area contributed by atoms with Crippen LogP contribution in [0, 0.1) is 0 Å². The molecular formula is C14H18BrN3O3. The molecule has 7 heteroatoms. The van der Waals surface area contributed by atoms with E-state index in [1.54, 1.807) is 11.0 Å². The van der Waals surface area contributed by atoms with Gasteiger partial charge in [-0.05, 0) is 41.3 Å². The lowest BCUT2D eigenvalue weighted by molar-refractivity contribution is 0.0301. The first kappa shape index (κ1) is 14.6. The molecule has 114 valence electrons. The number of aromatic nitrogens is 1. The number of halogens is 1. The highest BCUT2D eigenvalue weighted by Crippen LogP contribution is 2.33. The van der Waals surface area contributed by atoms with Crippen LogP contribution in [0.25, 0.3) is 0 Å². The zero-order valence-corrected chi connectivity index (χ0v) is 13.3. The molecule has 0 unspecified atom stereocenters. The topological polar surface area (TPSA) is 77.7 Å². The lowest BCUT2D eigenvalue weighted by Gasteiger charge is -2.29. The number of carbonyl (C=O) groups is 1. The van der Waals surface area contributed by atoms with Gasteiger partial charge >= 0.3 is 0 Å². The van der Waals surface area contributed by atoms with E-state index in [9.17, 15) is 4.79 Å². The van der Waals surface area contributed by atoms with Crippen molar-refractivity contribution < 1.29 is 14.3 Å². The van der Waals surface area contributed by atoms with E-state index in [1.807, 2.05) is 0 Å². The second-order valence-electron chi connectivity index (χ2n) is 5.29. The molecule has 1 aromatic heterocycles. The lowest BCUT2D eigenvalue weighted by Crippen LogP contribution is -2.41. The second-order valence-corrected chi connectivity index (χ2v) is 6.08. The monoisotopic (exact) mass is 355 g/mol. The summed E-state index contributed by atoms with van der Waals surface area (Å²) < 4.78 is 11.7. The number of anilines is 1. The average molecular weight is 356 g/mol. The van der Waals surface area contributed by atoms with Gasteiger partial charge in [0.2, 0.25) is 5.88 Å². The molecule has 0 atom stereocenters. The fourth-order valence-electron chi connectivity index (χ4n) is 2.34. The van der Waals surface area contributed by atoms with Gasteiger partial charge in [-0.15, -0.1) is 0 Å². The lowest BCUT2D eigenvalue weighted by atomic mass is 9.96. The number of rotatable bonds is 3. The van der Waals surface area contributed by atoms with Gasteiger partial charge in [0.25, 0.3) is 5.91 Å². The van der Waals surface area contributed by atoms with Crippen molar-refractivity contribution >= 4 is 27.7 Å². The minimum atomic E-state index is -0.0715. The number of morpholine rings is 1. The molecule has 1 aliphatic heterocycles. The summed E-state index contributed by atoms with van der Waals surface area (Å²) in [6.07, 6.45) is 3.40. The van der Waals surface area contributed by atoms with Gasteiger partial charge < -0.3 is 20.1 Å². The minimum absolute atomic E-state index is 0.0715. The first-order valence-electron chi connectivity index (χ1n) is 7.15. The summed E-state index contributed by atoms with van der Waals surface area (Å²) in [5.74, 6) is 0.637. The summed E-state index contributed by atoms with van der Waals surface area (Å²) in [5.41, 5.74) is 6.32. The van der Waals surface area contributed by atoms with E-state index < -0.39 is 0 Å². The number of hydrogen-bond acceptors (Lipinski definition) is 5. The molecule has 2 N–H and O–H groups in total. The molecule has 1 saturated heterocycles. The van der Waals surface area contributed by atoms with Crippen LogP contribution >= 0.6 is 15.9 Å². The summed E-state index contributed by atoms with van der Waals surface area (Å²) in [5, 5.41) is 0. The van der Waals surface area contributed by atoms with Crippen LogP contribution in [0.5, 0.6) is 5.88 Å². The van der Waals surface area contributed by atoms with Gasteiger partial charge in [0.15, 0.2) is 0 Å². The Bertz CT molecular complexity index is 543. The van der Waals surface area contributed by atoms with Gasteiger partial charge in [0, 0.05) is 13.1 Å². The van der Waals surface area contributed by atoms with Crippen LogP contribution < -0.4 is 10.5 Å². The number of amides is 1. The molecule has 1 aliphatic carbocycles. The van der Waals surface area contributed by atoms with Gasteiger partial charge in [-0.25, -0.2) is 0 Å². The van der Waals surface area contributed by atoms with Gasteiger partial charge in [-0.1, -0.05) is 0 Å². The number of nitrogen functional groups attached to an aromatic ring is 1. The van der Waals surface area contributed by atoms with Crippen LogP contribution in [0.3, 0.4) is 0 Å². The number of ether oxygens (including phenoxy) is 2. The SMILES string of the molecule is Nc1cc(C(=O)N2CCOCC2)c(Br)c(OC2CCC2)n1. The first-order valence-corrected chi connectivity index (χ1v) is 7.94. The Labute approximate surface area is 131 Å². The minimum Gasteiger partial charge on any atom is -0.473 e. The Morgan fingerprint density at radius 1 is 1.43 bits per heavy atom. The van der Waals surface area contributed by atoms with Crippen molar-refractivity contribution in [2.45, 2.75) is 25.4 Å². The maximum Gasteiger partial charge on any atom is 0.255 e. The Kier molecular flexibility index (Phi) is 4.30. The van der Waals surface area contributed by atoms with Crippen LogP contribution in [0.15, 0.2) is 10.5 Å². The number of hydrogen-bond donors (Lipinski definition) is 1. The molecule has 2 aliphatic rings. The maximum atomic E-state index is 12.6. The Morgan fingerprint density at radius 2 is 2.14 bits per heavy atom. The summed E-state index contributed by atoms with van der Waals surface area (Å²) >= 11 is 3.44. The van der Waals surface area contributed by atoms with E-state index >= 15 is 0 Å². The van der Waals surface area contributed by atoms with Gasteiger partial charge in [-0.2, -0.15) is 4.98 Å². The molecule has 6 nitrogen and oxygen atoms in total. The normalized spacial score (nSPS) is 19.2. The number of pyridine rings is 1. The standard InChI is InChI=1S/C14H18BrN3O3/c15-12-10(14(19)18-4-6-20-7-5-18)8-11(16)17-13(12)21-9-2-1-3-9/h8-9H,1-7H2,(H2,16,17).